The summed E-state index contributed by atoms with van der Waals surface area (Å²) in [5.74, 6) is -1.79. The summed E-state index contributed by atoms with van der Waals surface area (Å²) in [7, 11) is 0. The van der Waals surface area contributed by atoms with Gasteiger partial charge in [0.15, 0.2) is 17.9 Å². The molecule has 0 amide bonds. The van der Waals surface area contributed by atoms with Crippen molar-refractivity contribution in [2.75, 3.05) is 13.2 Å². The number of halogens is 2. The predicted octanol–water partition coefficient (Wildman–Crippen LogP) is 1.34. The molecule has 0 radical (unpaired) electrons. The van der Waals surface area contributed by atoms with E-state index in [4.69, 9.17) is 15.2 Å². The van der Waals surface area contributed by atoms with Gasteiger partial charge in [-0.15, -0.1) is 0 Å². The zero-order chi connectivity index (χ0) is 10.8. The van der Waals surface area contributed by atoms with Gasteiger partial charge in [-0.1, -0.05) is 6.07 Å². The molecule has 15 heavy (non-hydrogen) atoms. The first-order valence-corrected chi connectivity index (χ1v) is 4.63. The van der Waals surface area contributed by atoms with Gasteiger partial charge in [0.2, 0.25) is 0 Å². The average molecular weight is 215 g/mol. The van der Waals surface area contributed by atoms with Gasteiger partial charge in [-0.2, -0.15) is 0 Å². The van der Waals surface area contributed by atoms with Crippen molar-refractivity contribution in [2.45, 2.75) is 12.4 Å². The van der Waals surface area contributed by atoms with Crippen LogP contribution in [-0.2, 0) is 9.47 Å². The number of benzene rings is 1. The maximum Gasteiger partial charge on any atom is 0.184 e. The van der Waals surface area contributed by atoms with Crippen LogP contribution >= 0.6 is 0 Å². The van der Waals surface area contributed by atoms with E-state index in [1.165, 1.54) is 6.07 Å². The number of hydrogen-bond donors (Lipinski definition) is 1. The highest BCUT2D eigenvalue weighted by atomic mass is 19.2. The minimum absolute atomic E-state index is 0.178. The quantitative estimate of drug-likeness (QED) is 0.809. The molecule has 0 aliphatic carbocycles. The SMILES string of the molecule is NCC1COC(c2ccc(F)c(F)c2)O1. The van der Waals surface area contributed by atoms with Crippen molar-refractivity contribution in [1.82, 2.24) is 0 Å². The second-order valence-electron chi connectivity index (χ2n) is 3.33. The van der Waals surface area contributed by atoms with Crippen LogP contribution in [0.3, 0.4) is 0 Å². The van der Waals surface area contributed by atoms with Gasteiger partial charge < -0.3 is 15.2 Å². The van der Waals surface area contributed by atoms with Crippen molar-refractivity contribution in [3.05, 3.63) is 35.4 Å². The molecule has 1 heterocycles. The minimum Gasteiger partial charge on any atom is -0.346 e. The topological polar surface area (TPSA) is 44.5 Å². The summed E-state index contributed by atoms with van der Waals surface area (Å²) in [6, 6.07) is 3.55. The molecule has 0 bridgehead atoms. The molecule has 2 rings (SSSR count). The summed E-state index contributed by atoms with van der Waals surface area (Å²) in [5, 5.41) is 0. The van der Waals surface area contributed by atoms with Crippen molar-refractivity contribution in [1.29, 1.82) is 0 Å². The summed E-state index contributed by atoms with van der Waals surface area (Å²) < 4.78 is 36.2. The summed E-state index contributed by atoms with van der Waals surface area (Å²) >= 11 is 0. The fourth-order valence-electron chi connectivity index (χ4n) is 1.41. The molecule has 1 aromatic carbocycles. The van der Waals surface area contributed by atoms with Crippen molar-refractivity contribution in [3.8, 4) is 0 Å². The largest absolute Gasteiger partial charge is 0.346 e. The van der Waals surface area contributed by atoms with Crippen LogP contribution < -0.4 is 5.73 Å². The second-order valence-corrected chi connectivity index (χ2v) is 3.33. The first-order chi connectivity index (χ1) is 7.20. The molecule has 0 aromatic heterocycles. The maximum absolute atomic E-state index is 12.9. The Morgan fingerprint density at radius 3 is 2.73 bits per heavy atom. The van der Waals surface area contributed by atoms with Crippen LogP contribution in [0.4, 0.5) is 8.78 Å². The molecular formula is C10H11F2NO2. The molecule has 2 atom stereocenters. The lowest BCUT2D eigenvalue weighted by molar-refractivity contribution is -0.0587. The van der Waals surface area contributed by atoms with Crippen LogP contribution in [-0.4, -0.2) is 19.3 Å². The summed E-state index contributed by atoms with van der Waals surface area (Å²) in [5.41, 5.74) is 5.85. The van der Waals surface area contributed by atoms with Gasteiger partial charge in [-0.25, -0.2) is 8.78 Å². The summed E-state index contributed by atoms with van der Waals surface area (Å²) in [6.07, 6.45) is -0.822. The van der Waals surface area contributed by atoms with Crippen LogP contribution in [0.25, 0.3) is 0 Å². The molecule has 1 aliphatic heterocycles. The monoisotopic (exact) mass is 215 g/mol. The molecule has 1 aromatic rings. The van der Waals surface area contributed by atoms with Crippen molar-refractivity contribution in [2.24, 2.45) is 5.73 Å². The normalized spacial score (nSPS) is 25.8. The molecule has 1 fully saturated rings. The Hall–Kier alpha value is -1.04. The lowest BCUT2D eigenvalue weighted by Crippen LogP contribution is -2.21. The Labute approximate surface area is 85.8 Å². The zero-order valence-corrected chi connectivity index (χ0v) is 7.95. The maximum atomic E-state index is 12.9. The van der Waals surface area contributed by atoms with Crippen LogP contribution in [0.5, 0.6) is 0 Å². The van der Waals surface area contributed by atoms with E-state index < -0.39 is 17.9 Å². The highest BCUT2D eigenvalue weighted by molar-refractivity contribution is 5.19. The van der Waals surface area contributed by atoms with E-state index in [0.29, 0.717) is 18.7 Å². The number of rotatable bonds is 2. The Bertz CT molecular complexity index is 359. The van der Waals surface area contributed by atoms with E-state index in [9.17, 15) is 8.78 Å². The molecule has 3 nitrogen and oxygen atoms in total. The van der Waals surface area contributed by atoms with E-state index >= 15 is 0 Å². The van der Waals surface area contributed by atoms with Crippen LogP contribution in [0.1, 0.15) is 11.9 Å². The zero-order valence-electron chi connectivity index (χ0n) is 7.95. The Morgan fingerprint density at radius 2 is 2.13 bits per heavy atom. The fraction of sp³-hybridized carbons (Fsp3) is 0.400. The highest BCUT2D eigenvalue weighted by Crippen LogP contribution is 2.27. The van der Waals surface area contributed by atoms with Gasteiger partial charge in [0.05, 0.1) is 12.7 Å². The van der Waals surface area contributed by atoms with E-state index in [1.807, 2.05) is 0 Å². The number of ether oxygens (including phenoxy) is 2. The summed E-state index contributed by atoms with van der Waals surface area (Å²) in [6.45, 7) is 0.723. The van der Waals surface area contributed by atoms with Crippen LogP contribution in [0, 0.1) is 11.6 Å². The highest BCUT2D eigenvalue weighted by Gasteiger charge is 2.26. The fourth-order valence-corrected chi connectivity index (χ4v) is 1.41. The molecule has 1 saturated heterocycles. The second kappa shape index (κ2) is 4.22. The molecular weight excluding hydrogens is 204 g/mol. The third-order valence-corrected chi connectivity index (χ3v) is 2.23. The molecule has 2 N–H and O–H groups in total. The lowest BCUT2D eigenvalue weighted by Gasteiger charge is -2.10. The van der Waals surface area contributed by atoms with E-state index in [1.54, 1.807) is 0 Å². The molecule has 2 unspecified atom stereocenters. The van der Waals surface area contributed by atoms with Gasteiger partial charge in [0.25, 0.3) is 0 Å². The van der Waals surface area contributed by atoms with E-state index in [-0.39, 0.29) is 6.10 Å². The third-order valence-electron chi connectivity index (χ3n) is 2.23. The van der Waals surface area contributed by atoms with E-state index in [2.05, 4.69) is 0 Å². The van der Waals surface area contributed by atoms with E-state index in [0.717, 1.165) is 12.1 Å². The molecule has 0 spiro atoms. The third kappa shape index (κ3) is 2.14. The standard InChI is InChI=1S/C10H11F2NO2/c11-8-2-1-6(3-9(8)12)10-14-5-7(4-13)15-10/h1-3,7,10H,4-5,13H2. The Balaban J connectivity index is 2.13. The van der Waals surface area contributed by atoms with Crippen molar-refractivity contribution < 1.29 is 18.3 Å². The molecule has 1 aliphatic rings. The first-order valence-electron chi connectivity index (χ1n) is 4.63. The smallest absolute Gasteiger partial charge is 0.184 e. The van der Waals surface area contributed by atoms with Gasteiger partial charge in [-0.3, -0.25) is 0 Å². The number of hydrogen-bond acceptors (Lipinski definition) is 3. The number of nitrogens with two attached hydrogens (primary N) is 1. The summed E-state index contributed by atoms with van der Waals surface area (Å²) in [4.78, 5) is 0. The lowest BCUT2D eigenvalue weighted by atomic mass is 10.2. The predicted molar refractivity (Wildman–Crippen MR) is 49.0 cm³/mol. The first kappa shape index (κ1) is 10.5. The molecule has 82 valence electrons. The Kier molecular flexibility index (Phi) is 2.95. The van der Waals surface area contributed by atoms with Gasteiger partial charge in [0.1, 0.15) is 0 Å². The van der Waals surface area contributed by atoms with Gasteiger partial charge >= 0.3 is 0 Å². The van der Waals surface area contributed by atoms with Crippen LogP contribution in [0.2, 0.25) is 0 Å². The Morgan fingerprint density at radius 1 is 1.33 bits per heavy atom. The molecule has 5 heteroatoms. The van der Waals surface area contributed by atoms with Crippen molar-refractivity contribution >= 4 is 0 Å². The van der Waals surface area contributed by atoms with Gasteiger partial charge in [0, 0.05) is 12.1 Å². The van der Waals surface area contributed by atoms with Crippen LogP contribution in [0.15, 0.2) is 18.2 Å². The van der Waals surface area contributed by atoms with Gasteiger partial charge in [-0.05, 0) is 12.1 Å². The van der Waals surface area contributed by atoms with Crippen molar-refractivity contribution in [3.63, 3.8) is 0 Å². The average Bonchev–Trinajstić information content (AvgIpc) is 2.70. The minimum atomic E-state index is -0.907. The molecule has 0 saturated carbocycles.